The molecule has 0 heterocycles. The molecule has 0 fully saturated rings. The van der Waals surface area contributed by atoms with Gasteiger partial charge in [0.05, 0.1) is 12.9 Å². The number of allylic oxidation sites excluding steroid dienone is 1. The van der Waals surface area contributed by atoms with Crippen LogP contribution in [0, 0.1) is 0 Å². The van der Waals surface area contributed by atoms with Gasteiger partial charge < -0.3 is 9.84 Å². The van der Waals surface area contributed by atoms with Crippen molar-refractivity contribution in [2.45, 2.75) is 12.8 Å². The Morgan fingerprint density at radius 1 is 0.900 bits per heavy atom. The summed E-state index contributed by atoms with van der Waals surface area (Å²) in [5, 5.41) is 11.6. The SMILES string of the molecule is COc1ccc(P(=S)(/C=C(\O)Cc2ccccc2)CC(=O)Cc2ccccc2)cc1. The number of aliphatic hydroxyl groups is 1. The molecule has 1 N–H and O–H groups in total. The third-order valence-electron chi connectivity index (χ3n) is 4.75. The fourth-order valence-corrected chi connectivity index (χ4v) is 6.73. The zero-order chi connectivity index (χ0) is 21.4. The number of hydrogen-bond acceptors (Lipinski definition) is 4. The van der Waals surface area contributed by atoms with Crippen molar-refractivity contribution in [1.82, 2.24) is 0 Å². The highest BCUT2D eigenvalue weighted by molar-refractivity contribution is 8.20. The van der Waals surface area contributed by atoms with Crippen molar-refractivity contribution in [3.05, 3.63) is 108 Å². The number of carbonyl (C=O) groups is 1. The highest BCUT2D eigenvalue weighted by Crippen LogP contribution is 2.48. The molecule has 5 heteroatoms. The molecule has 3 nitrogen and oxygen atoms in total. The molecule has 0 aromatic heterocycles. The molecule has 3 aromatic rings. The van der Waals surface area contributed by atoms with Gasteiger partial charge in [-0.25, -0.2) is 0 Å². The number of rotatable bonds is 9. The molecule has 0 bridgehead atoms. The van der Waals surface area contributed by atoms with Crippen molar-refractivity contribution in [3.63, 3.8) is 0 Å². The van der Waals surface area contributed by atoms with Crippen LogP contribution in [0.5, 0.6) is 5.75 Å². The van der Waals surface area contributed by atoms with Gasteiger partial charge >= 0.3 is 0 Å². The van der Waals surface area contributed by atoms with Crippen molar-refractivity contribution >= 4 is 28.9 Å². The number of hydrogen-bond donors (Lipinski definition) is 1. The molecular formula is C25H25O3PS. The molecule has 0 amide bonds. The molecular weight excluding hydrogens is 411 g/mol. The summed E-state index contributed by atoms with van der Waals surface area (Å²) in [7, 11) is 1.61. The van der Waals surface area contributed by atoms with E-state index in [4.69, 9.17) is 16.5 Å². The van der Waals surface area contributed by atoms with E-state index in [-0.39, 0.29) is 17.7 Å². The molecule has 1 atom stereocenters. The third kappa shape index (κ3) is 6.16. The summed E-state index contributed by atoms with van der Waals surface area (Å²) >= 11 is 6.05. The second-order valence-corrected chi connectivity index (χ2v) is 11.8. The molecule has 0 aliphatic rings. The van der Waals surface area contributed by atoms with Crippen LogP contribution in [0.4, 0.5) is 0 Å². The molecule has 30 heavy (non-hydrogen) atoms. The first-order chi connectivity index (χ1) is 14.5. The Morgan fingerprint density at radius 3 is 1.97 bits per heavy atom. The van der Waals surface area contributed by atoms with E-state index in [1.54, 1.807) is 12.9 Å². The Bertz CT molecular complexity index is 1040. The molecule has 0 aliphatic heterocycles. The molecule has 0 radical (unpaired) electrons. The Hall–Kier alpha value is -2.68. The number of aliphatic hydroxyl groups excluding tert-OH is 1. The van der Waals surface area contributed by atoms with E-state index in [1.165, 1.54) is 0 Å². The van der Waals surface area contributed by atoms with Gasteiger partial charge in [0.25, 0.3) is 0 Å². The van der Waals surface area contributed by atoms with Gasteiger partial charge in [0.15, 0.2) is 0 Å². The number of carbonyl (C=O) groups excluding carboxylic acids is 1. The maximum Gasteiger partial charge on any atom is 0.142 e. The van der Waals surface area contributed by atoms with Crippen LogP contribution in [-0.2, 0) is 29.4 Å². The molecule has 3 aromatic carbocycles. The number of methoxy groups -OCH3 is 1. The second kappa shape index (κ2) is 10.4. The summed E-state index contributed by atoms with van der Waals surface area (Å²) in [6, 6.07) is 24.4. The quantitative estimate of drug-likeness (QED) is 0.367. The first-order valence-electron chi connectivity index (χ1n) is 9.72. The lowest BCUT2D eigenvalue weighted by atomic mass is 10.1. The lowest BCUT2D eigenvalue weighted by molar-refractivity contribution is -0.116. The van der Waals surface area contributed by atoms with E-state index in [1.807, 2.05) is 84.9 Å². The minimum atomic E-state index is -2.47. The Morgan fingerprint density at radius 2 is 1.43 bits per heavy atom. The molecule has 0 saturated carbocycles. The summed E-state index contributed by atoms with van der Waals surface area (Å²) in [6.07, 6.45) is 0.952. The largest absolute Gasteiger partial charge is 0.512 e. The first kappa shape index (κ1) is 22.0. The predicted molar refractivity (Wildman–Crippen MR) is 128 cm³/mol. The summed E-state index contributed by atoms with van der Waals surface area (Å²) < 4.78 is 5.25. The van der Waals surface area contributed by atoms with Crippen LogP contribution in [0.1, 0.15) is 11.1 Å². The van der Waals surface area contributed by atoms with Gasteiger partial charge in [-0.05, 0) is 46.5 Å². The van der Waals surface area contributed by atoms with Crippen molar-refractivity contribution < 1.29 is 14.6 Å². The molecule has 0 aliphatic carbocycles. The van der Waals surface area contributed by atoms with Crippen LogP contribution in [0.2, 0.25) is 0 Å². The molecule has 3 rings (SSSR count). The van der Waals surface area contributed by atoms with Crippen LogP contribution in [0.3, 0.4) is 0 Å². The Balaban J connectivity index is 1.88. The summed E-state index contributed by atoms with van der Waals surface area (Å²) in [5.74, 6) is 2.76. The van der Waals surface area contributed by atoms with Gasteiger partial charge in [-0.15, -0.1) is 0 Å². The second-order valence-electron chi connectivity index (χ2n) is 7.14. The van der Waals surface area contributed by atoms with Crippen molar-refractivity contribution in [1.29, 1.82) is 0 Å². The summed E-state index contributed by atoms with van der Waals surface area (Å²) in [6.45, 7) is 0. The fourth-order valence-electron chi connectivity index (χ4n) is 3.28. The van der Waals surface area contributed by atoms with Crippen LogP contribution < -0.4 is 10.0 Å². The van der Waals surface area contributed by atoms with Crippen LogP contribution >= 0.6 is 6.04 Å². The highest BCUT2D eigenvalue weighted by Gasteiger charge is 2.23. The van der Waals surface area contributed by atoms with Crippen LogP contribution in [0.15, 0.2) is 96.5 Å². The lowest BCUT2D eigenvalue weighted by Gasteiger charge is -2.19. The summed E-state index contributed by atoms with van der Waals surface area (Å²) in [5.41, 5.74) is 1.97. The third-order valence-corrected chi connectivity index (χ3v) is 8.80. The van der Waals surface area contributed by atoms with Crippen LogP contribution in [0.25, 0.3) is 0 Å². The minimum Gasteiger partial charge on any atom is -0.512 e. The molecule has 1 unspecified atom stereocenters. The monoisotopic (exact) mass is 436 g/mol. The maximum absolute atomic E-state index is 12.9. The van der Waals surface area contributed by atoms with Crippen molar-refractivity contribution in [2.75, 3.05) is 13.3 Å². The molecule has 0 spiro atoms. The maximum atomic E-state index is 12.9. The average molecular weight is 437 g/mol. The normalized spacial score (nSPS) is 13.4. The van der Waals surface area contributed by atoms with Gasteiger partial charge in [0.2, 0.25) is 0 Å². The standard InChI is InChI=1S/C25H25O3PS/c1-28-24-12-14-25(15-13-24)29(30,18-22(26)16-20-8-4-2-5-9-20)19-23(27)17-21-10-6-3-7-11-21/h2-15,18,26H,16-17,19H2,1H3/b22-18-. The van der Waals surface area contributed by atoms with Gasteiger partial charge in [-0.3, -0.25) is 4.79 Å². The van der Waals surface area contributed by atoms with E-state index < -0.39 is 6.04 Å². The number of Topliss-reactive ketones (excluding diaryl/α,β-unsaturated/α-hetero) is 1. The Kier molecular flexibility index (Phi) is 7.62. The number of benzene rings is 3. The van der Waals surface area contributed by atoms with E-state index in [9.17, 15) is 9.90 Å². The van der Waals surface area contributed by atoms with Gasteiger partial charge in [-0.2, -0.15) is 0 Å². The van der Waals surface area contributed by atoms with Gasteiger partial charge in [-0.1, -0.05) is 72.5 Å². The number of ether oxygens (including phenoxy) is 1. The highest BCUT2D eigenvalue weighted by atomic mass is 32.4. The van der Waals surface area contributed by atoms with Crippen molar-refractivity contribution in [2.24, 2.45) is 0 Å². The summed E-state index contributed by atoms with van der Waals surface area (Å²) in [4.78, 5) is 12.9. The predicted octanol–water partition coefficient (Wildman–Crippen LogP) is 5.25. The van der Waals surface area contributed by atoms with E-state index in [2.05, 4.69) is 0 Å². The van der Waals surface area contributed by atoms with Crippen LogP contribution in [-0.4, -0.2) is 24.2 Å². The van der Waals surface area contributed by atoms with Gasteiger partial charge in [0, 0.05) is 25.0 Å². The van der Waals surface area contributed by atoms with E-state index in [0.29, 0.717) is 12.8 Å². The van der Waals surface area contributed by atoms with Gasteiger partial charge in [0.1, 0.15) is 11.5 Å². The zero-order valence-corrected chi connectivity index (χ0v) is 18.6. The minimum absolute atomic E-state index is 0.0733. The van der Waals surface area contributed by atoms with E-state index in [0.717, 1.165) is 22.2 Å². The smallest absolute Gasteiger partial charge is 0.142 e. The first-order valence-corrected chi connectivity index (χ1v) is 12.8. The Labute approximate surface area is 183 Å². The molecule has 0 saturated heterocycles. The average Bonchev–Trinajstić information content (AvgIpc) is 2.75. The molecule has 154 valence electrons. The topological polar surface area (TPSA) is 46.5 Å². The van der Waals surface area contributed by atoms with Crippen molar-refractivity contribution in [3.8, 4) is 5.75 Å². The lowest BCUT2D eigenvalue weighted by Crippen LogP contribution is -2.15. The fraction of sp³-hybridized carbons (Fsp3) is 0.160. The van der Waals surface area contributed by atoms with E-state index >= 15 is 0 Å². The number of ketones is 1. The zero-order valence-electron chi connectivity index (χ0n) is 16.9.